The molecule has 0 bridgehead atoms. The molecule has 2 N–H and O–H groups in total. The summed E-state index contributed by atoms with van der Waals surface area (Å²) in [6.07, 6.45) is 4.08. The second kappa shape index (κ2) is 15.6. The van der Waals surface area contributed by atoms with Crippen LogP contribution in [0.15, 0.2) is 18.2 Å². The number of ether oxygens (including phenoxy) is 1. The summed E-state index contributed by atoms with van der Waals surface area (Å²) in [4.78, 5) is 64.9. The molecule has 2 aliphatic rings. The van der Waals surface area contributed by atoms with Crippen LogP contribution in [0.1, 0.15) is 75.2 Å². The monoisotopic (exact) mass is 503 g/mol. The zero-order valence-corrected chi connectivity index (χ0v) is 21.5. The number of hydrogen-bond donors (Lipinski definition) is 2. The molecule has 9 nitrogen and oxygen atoms in total. The maximum Gasteiger partial charge on any atom is 0.306 e. The average Bonchev–Trinajstić information content (AvgIpc) is 3.65. The van der Waals surface area contributed by atoms with Crippen molar-refractivity contribution in [2.45, 2.75) is 66.2 Å². The van der Waals surface area contributed by atoms with Gasteiger partial charge in [0.25, 0.3) is 5.91 Å². The Hall–Kier alpha value is -3.36. The highest BCUT2D eigenvalue weighted by Crippen LogP contribution is 2.37. The molecule has 3 unspecified atom stereocenters. The van der Waals surface area contributed by atoms with Crippen LogP contribution < -0.4 is 10.1 Å². The maximum atomic E-state index is 11.8. The third-order valence-corrected chi connectivity index (χ3v) is 6.06. The van der Waals surface area contributed by atoms with Crippen LogP contribution in [0.25, 0.3) is 0 Å². The Morgan fingerprint density at radius 1 is 1.17 bits per heavy atom. The van der Waals surface area contributed by atoms with Crippen molar-refractivity contribution in [3.8, 4) is 5.75 Å². The zero-order chi connectivity index (χ0) is 27.3. The zero-order valence-electron chi connectivity index (χ0n) is 21.5. The second-order valence-corrected chi connectivity index (χ2v) is 8.97. The number of aryl methyl sites for hydroxylation is 1. The van der Waals surface area contributed by atoms with Gasteiger partial charge < -0.3 is 20.0 Å². The van der Waals surface area contributed by atoms with E-state index in [4.69, 9.17) is 14.6 Å². The van der Waals surface area contributed by atoms with Gasteiger partial charge in [0.15, 0.2) is 12.4 Å². The molecule has 198 valence electrons. The second-order valence-electron chi connectivity index (χ2n) is 8.97. The highest BCUT2D eigenvalue weighted by molar-refractivity contribution is 5.97. The molecule has 0 spiro atoms. The first-order valence-electron chi connectivity index (χ1n) is 12.2. The number of nitrogens with one attached hydrogen (secondary N) is 1. The number of aldehydes is 1. The lowest BCUT2D eigenvalue weighted by Crippen LogP contribution is -2.31. The van der Waals surface area contributed by atoms with Crippen molar-refractivity contribution in [3.63, 3.8) is 0 Å². The van der Waals surface area contributed by atoms with Gasteiger partial charge >= 0.3 is 5.97 Å². The van der Waals surface area contributed by atoms with Gasteiger partial charge in [-0.05, 0) is 50.3 Å². The van der Waals surface area contributed by atoms with E-state index in [1.54, 1.807) is 25.1 Å². The van der Waals surface area contributed by atoms with Gasteiger partial charge in [-0.2, -0.15) is 0 Å². The molecule has 2 fully saturated rings. The first-order valence-corrected chi connectivity index (χ1v) is 12.2. The standard InChI is InChI=1S/C17H21NO5.C8H12O2.C2H4O/c1-3-15(19)13-7-12(5-4-10(13)2)23-9-16(20)18-8-11-6-14(11)17(21)22;1-6-2-3-7(9)4-5-8(6)10;1-2-3/h4-5,7,11,14H,3,6,8-9H2,1-2H3,(H,18,20)(H,21,22);6H,2-5H2,1H3;2H,1H3. The van der Waals surface area contributed by atoms with Crippen LogP contribution in [0.5, 0.6) is 5.75 Å². The number of aliphatic carboxylic acids is 1. The van der Waals surface area contributed by atoms with Crippen molar-refractivity contribution in [3.05, 3.63) is 29.3 Å². The van der Waals surface area contributed by atoms with E-state index in [2.05, 4.69) is 5.32 Å². The van der Waals surface area contributed by atoms with Gasteiger partial charge in [0.1, 0.15) is 23.6 Å². The summed E-state index contributed by atoms with van der Waals surface area (Å²) >= 11 is 0. The molecule has 36 heavy (non-hydrogen) atoms. The molecule has 0 saturated heterocycles. The van der Waals surface area contributed by atoms with E-state index in [9.17, 15) is 24.0 Å². The number of hydrogen-bond acceptors (Lipinski definition) is 7. The minimum Gasteiger partial charge on any atom is -0.484 e. The molecule has 1 aromatic carbocycles. The molecule has 2 aliphatic carbocycles. The fraction of sp³-hybridized carbons (Fsp3) is 0.556. The fourth-order valence-corrected chi connectivity index (χ4v) is 3.57. The van der Waals surface area contributed by atoms with Crippen LogP contribution >= 0.6 is 0 Å². The van der Waals surface area contributed by atoms with Gasteiger partial charge in [0, 0.05) is 43.7 Å². The Bertz CT molecular complexity index is 955. The topological polar surface area (TPSA) is 144 Å². The molecule has 9 heteroatoms. The van der Waals surface area contributed by atoms with Crippen LogP contribution in [0.3, 0.4) is 0 Å². The van der Waals surface area contributed by atoms with Crippen LogP contribution in [-0.2, 0) is 24.0 Å². The molecule has 0 aromatic heterocycles. The van der Waals surface area contributed by atoms with Gasteiger partial charge in [0.2, 0.25) is 0 Å². The molecule has 0 radical (unpaired) electrons. The van der Waals surface area contributed by atoms with Crippen LogP contribution in [-0.4, -0.2) is 53.8 Å². The third kappa shape index (κ3) is 10.9. The number of carbonyl (C=O) groups excluding carboxylic acids is 5. The van der Waals surface area contributed by atoms with Crippen molar-refractivity contribution < 1.29 is 38.6 Å². The van der Waals surface area contributed by atoms with Crippen LogP contribution in [0.2, 0.25) is 0 Å². The summed E-state index contributed by atoms with van der Waals surface area (Å²) < 4.78 is 5.40. The van der Waals surface area contributed by atoms with Crippen LogP contribution in [0, 0.1) is 24.7 Å². The molecule has 2 saturated carbocycles. The summed E-state index contributed by atoms with van der Waals surface area (Å²) in [5.74, 6) is -0.308. The quantitative estimate of drug-likeness (QED) is 0.312. The fourth-order valence-electron chi connectivity index (χ4n) is 3.57. The Morgan fingerprint density at radius 3 is 2.42 bits per heavy atom. The van der Waals surface area contributed by atoms with Crippen molar-refractivity contribution in [1.82, 2.24) is 5.32 Å². The smallest absolute Gasteiger partial charge is 0.306 e. The number of carboxylic acids is 1. The number of benzene rings is 1. The SMILES string of the molecule is CC1CCC(=O)CCC1=O.CC=O.CCC(=O)c1cc(OCC(=O)NCC2CC2C(=O)O)ccc1C. The van der Waals surface area contributed by atoms with Crippen molar-refractivity contribution in [1.29, 1.82) is 0 Å². The van der Waals surface area contributed by atoms with Gasteiger partial charge in [-0.3, -0.25) is 24.0 Å². The Kier molecular flexibility index (Phi) is 13.3. The molecule has 0 heterocycles. The minimum absolute atomic E-state index is 0.0182. The molecular formula is C27H37NO8. The molecule has 3 rings (SSSR count). The van der Waals surface area contributed by atoms with E-state index in [-0.39, 0.29) is 47.6 Å². The number of amides is 1. The Balaban J connectivity index is 0.000000412. The van der Waals surface area contributed by atoms with E-state index >= 15 is 0 Å². The predicted molar refractivity (Wildman–Crippen MR) is 133 cm³/mol. The summed E-state index contributed by atoms with van der Waals surface area (Å²) in [6, 6.07) is 5.16. The van der Waals surface area contributed by atoms with E-state index in [1.165, 1.54) is 6.92 Å². The molecule has 1 amide bonds. The highest BCUT2D eigenvalue weighted by atomic mass is 16.5. The van der Waals surface area contributed by atoms with Gasteiger partial charge in [-0.15, -0.1) is 0 Å². The number of rotatable bonds is 8. The average molecular weight is 504 g/mol. The lowest BCUT2D eigenvalue weighted by Gasteiger charge is -2.10. The molecule has 1 aromatic rings. The van der Waals surface area contributed by atoms with Crippen molar-refractivity contribution in [2.24, 2.45) is 17.8 Å². The molecular weight excluding hydrogens is 466 g/mol. The lowest BCUT2D eigenvalue weighted by molar-refractivity contribution is -0.139. The Morgan fingerprint density at radius 2 is 1.83 bits per heavy atom. The number of ketones is 3. The summed E-state index contributed by atoms with van der Waals surface area (Å²) in [5.41, 5.74) is 1.48. The summed E-state index contributed by atoms with van der Waals surface area (Å²) in [7, 11) is 0. The summed E-state index contributed by atoms with van der Waals surface area (Å²) in [5, 5.41) is 11.5. The maximum absolute atomic E-state index is 11.8. The van der Waals surface area contributed by atoms with E-state index in [0.717, 1.165) is 18.3 Å². The van der Waals surface area contributed by atoms with E-state index in [0.29, 0.717) is 50.0 Å². The first-order chi connectivity index (χ1) is 17.0. The van der Waals surface area contributed by atoms with Gasteiger partial charge in [-0.1, -0.05) is 19.9 Å². The van der Waals surface area contributed by atoms with Gasteiger partial charge in [0.05, 0.1) is 5.92 Å². The first kappa shape index (κ1) is 30.7. The molecule has 3 atom stereocenters. The van der Waals surface area contributed by atoms with Crippen molar-refractivity contribution >= 4 is 35.5 Å². The minimum atomic E-state index is -0.812. The normalized spacial score (nSPS) is 20.4. The van der Waals surface area contributed by atoms with E-state index < -0.39 is 5.97 Å². The lowest BCUT2D eigenvalue weighted by atomic mass is 10.0. The Labute approximate surface area is 212 Å². The number of carboxylic acid groups (broad SMARTS) is 1. The van der Waals surface area contributed by atoms with Gasteiger partial charge in [-0.25, -0.2) is 0 Å². The number of Topliss-reactive ketones (excluding diaryl/α,β-unsaturated/α-hetero) is 3. The number of carbonyl (C=O) groups is 6. The van der Waals surface area contributed by atoms with Crippen LogP contribution in [0.4, 0.5) is 0 Å². The highest BCUT2D eigenvalue weighted by Gasteiger charge is 2.42. The summed E-state index contributed by atoms with van der Waals surface area (Å²) in [6.45, 7) is 7.19. The molecule has 0 aliphatic heterocycles. The van der Waals surface area contributed by atoms with E-state index in [1.807, 2.05) is 13.8 Å². The van der Waals surface area contributed by atoms with Crippen molar-refractivity contribution in [2.75, 3.05) is 13.2 Å². The predicted octanol–water partition coefficient (Wildman–Crippen LogP) is 3.34. The largest absolute Gasteiger partial charge is 0.484 e. The third-order valence-electron chi connectivity index (χ3n) is 6.06.